The lowest BCUT2D eigenvalue weighted by atomic mass is 10.3. The first-order valence-corrected chi connectivity index (χ1v) is 4.46. The molecule has 1 aromatic rings. The minimum absolute atomic E-state index is 0.0814. The van der Waals surface area contributed by atoms with Crippen molar-refractivity contribution in [3.05, 3.63) is 27.4 Å². The summed E-state index contributed by atoms with van der Waals surface area (Å²) in [5, 5.41) is 13.5. The van der Waals surface area contributed by atoms with Gasteiger partial charge in [0.1, 0.15) is 5.15 Å². The number of terminal acetylenes is 1. The molecular formula is C9H8ClN3O2. The van der Waals surface area contributed by atoms with E-state index in [0.29, 0.717) is 0 Å². The number of hydrogen-bond donors (Lipinski definition) is 1. The van der Waals surface area contributed by atoms with Gasteiger partial charge in [-0.15, -0.1) is 6.42 Å². The molecule has 0 aliphatic heterocycles. The fourth-order valence-electron chi connectivity index (χ4n) is 0.928. The average molecular weight is 226 g/mol. The van der Waals surface area contributed by atoms with Crippen LogP contribution < -0.4 is 5.32 Å². The van der Waals surface area contributed by atoms with Crippen molar-refractivity contribution in [2.24, 2.45) is 0 Å². The molecule has 0 saturated carbocycles. The molecule has 15 heavy (non-hydrogen) atoms. The van der Waals surface area contributed by atoms with Crippen molar-refractivity contribution < 1.29 is 4.92 Å². The zero-order valence-electron chi connectivity index (χ0n) is 7.90. The number of halogens is 1. The normalized spacial score (nSPS) is 11.5. The van der Waals surface area contributed by atoms with Gasteiger partial charge >= 0.3 is 5.69 Å². The molecule has 0 spiro atoms. The highest BCUT2D eigenvalue weighted by Crippen LogP contribution is 2.24. The topological polar surface area (TPSA) is 68.1 Å². The average Bonchev–Trinajstić information content (AvgIpc) is 2.17. The second-order valence-electron chi connectivity index (χ2n) is 2.79. The van der Waals surface area contributed by atoms with Crippen molar-refractivity contribution in [2.75, 3.05) is 5.32 Å². The maximum absolute atomic E-state index is 10.6. The summed E-state index contributed by atoms with van der Waals surface area (Å²) >= 11 is 5.62. The summed E-state index contributed by atoms with van der Waals surface area (Å²) in [5.41, 5.74) is -0.151. The highest BCUT2D eigenvalue weighted by molar-refractivity contribution is 6.29. The van der Waals surface area contributed by atoms with E-state index < -0.39 is 4.92 Å². The first-order chi connectivity index (χ1) is 7.04. The Kier molecular flexibility index (Phi) is 3.47. The van der Waals surface area contributed by atoms with E-state index in [1.54, 1.807) is 6.92 Å². The third-order valence-corrected chi connectivity index (χ3v) is 1.85. The summed E-state index contributed by atoms with van der Waals surface area (Å²) in [5.74, 6) is 2.46. The molecule has 5 nitrogen and oxygen atoms in total. The maximum atomic E-state index is 10.6. The van der Waals surface area contributed by atoms with Crippen molar-refractivity contribution in [1.29, 1.82) is 0 Å². The van der Waals surface area contributed by atoms with E-state index in [2.05, 4.69) is 16.2 Å². The van der Waals surface area contributed by atoms with Crippen molar-refractivity contribution in [1.82, 2.24) is 4.98 Å². The number of hydrogen-bond acceptors (Lipinski definition) is 4. The van der Waals surface area contributed by atoms with E-state index in [4.69, 9.17) is 18.0 Å². The molecule has 0 radical (unpaired) electrons. The van der Waals surface area contributed by atoms with Gasteiger partial charge in [0.15, 0.2) is 0 Å². The maximum Gasteiger partial charge on any atom is 0.311 e. The predicted octanol–water partition coefficient (Wildman–Crippen LogP) is 2.08. The number of nitro groups is 1. The Morgan fingerprint density at radius 3 is 2.93 bits per heavy atom. The lowest BCUT2D eigenvalue weighted by Gasteiger charge is -2.08. The van der Waals surface area contributed by atoms with Crippen molar-refractivity contribution in [2.45, 2.75) is 13.0 Å². The molecule has 1 heterocycles. The minimum Gasteiger partial charge on any atom is -0.351 e. The fourth-order valence-corrected chi connectivity index (χ4v) is 1.08. The first kappa shape index (κ1) is 11.3. The lowest BCUT2D eigenvalue weighted by molar-refractivity contribution is -0.384. The number of aromatic nitrogens is 1. The Labute approximate surface area is 91.6 Å². The number of rotatable bonds is 3. The monoisotopic (exact) mass is 225 g/mol. The molecule has 0 aromatic carbocycles. The molecule has 1 aromatic heterocycles. The van der Waals surface area contributed by atoms with Gasteiger partial charge in [-0.1, -0.05) is 17.5 Å². The van der Waals surface area contributed by atoms with Crippen LogP contribution >= 0.6 is 11.6 Å². The summed E-state index contributed by atoms with van der Waals surface area (Å²) < 4.78 is 0. The van der Waals surface area contributed by atoms with Crippen LogP contribution in [0.2, 0.25) is 5.15 Å². The molecule has 0 amide bonds. The molecule has 0 aliphatic rings. The second kappa shape index (κ2) is 4.62. The van der Waals surface area contributed by atoms with E-state index in [1.807, 2.05) is 0 Å². The molecule has 1 atom stereocenters. The molecule has 1 rings (SSSR count). The quantitative estimate of drug-likeness (QED) is 0.370. The van der Waals surface area contributed by atoms with Gasteiger partial charge < -0.3 is 5.32 Å². The van der Waals surface area contributed by atoms with Crippen molar-refractivity contribution in [3.8, 4) is 12.3 Å². The third-order valence-electron chi connectivity index (χ3n) is 1.64. The van der Waals surface area contributed by atoms with Gasteiger partial charge in [-0.05, 0) is 13.0 Å². The molecule has 1 unspecified atom stereocenters. The third kappa shape index (κ3) is 2.82. The summed E-state index contributed by atoms with van der Waals surface area (Å²) in [6, 6.07) is 2.28. The van der Waals surface area contributed by atoms with Gasteiger partial charge in [-0.25, -0.2) is 4.98 Å². The molecule has 0 bridgehead atoms. The molecule has 1 N–H and O–H groups in total. The zero-order chi connectivity index (χ0) is 11.4. The van der Waals surface area contributed by atoms with Crippen LogP contribution in [0.4, 0.5) is 11.5 Å². The molecule has 6 heteroatoms. The largest absolute Gasteiger partial charge is 0.351 e. The predicted molar refractivity (Wildman–Crippen MR) is 57.8 cm³/mol. The van der Waals surface area contributed by atoms with Crippen LogP contribution in [0.1, 0.15) is 6.92 Å². The summed E-state index contributed by atoms with van der Waals surface area (Å²) in [7, 11) is 0. The number of anilines is 1. The lowest BCUT2D eigenvalue weighted by Crippen LogP contribution is -2.14. The van der Waals surface area contributed by atoms with E-state index in [1.165, 1.54) is 12.1 Å². The Balaban J connectivity index is 3.08. The van der Waals surface area contributed by atoms with E-state index in [0.717, 1.165) is 0 Å². The highest BCUT2D eigenvalue weighted by Gasteiger charge is 2.16. The standard InChI is InChI=1S/C9H8ClN3O2/c1-3-6(2)11-9-7(13(14)15)4-5-8(10)12-9/h1,4-6H,2H3,(H,11,12). The van der Waals surface area contributed by atoms with Crippen molar-refractivity contribution in [3.63, 3.8) is 0 Å². The molecular weight excluding hydrogens is 218 g/mol. The number of nitrogens with one attached hydrogen (secondary N) is 1. The van der Waals surface area contributed by atoms with E-state index in [-0.39, 0.29) is 22.7 Å². The fraction of sp³-hybridized carbons (Fsp3) is 0.222. The Hall–Kier alpha value is -1.80. The number of nitrogens with zero attached hydrogens (tertiary/aromatic N) is 2. The van der Waals surface area contributed by atoms with Gasteiger partial charge in [0, 0.05) is 6.07 Å². The van der Waals surface area contributed by atoms with Crippen LogP contribution in [-0.4, -0.2) is 15.9 Å². The summed E-state index contributed by atoms with van der Waals surface area (Å²) in [4.78, 5) is 13.9. The molecule has 0 fully saturated rings. The minimum atomic E-state index is -0.547. The molecule has 78 valence electrons. The van der Waals surface area contributed by atoms with Crippen LogP contribution in [-0.2, 0) is 0 Å². The molecule has 0 saturated heterocycles. The van der Waals surface area contributed by atoms with Crippen LogP contribution in [0.5, 0.6) is 0 Å². The van der Waals surface area contributed by atoms with Gasteiger partial charge in [-0.2, -0.15) is 0 Å². The van der Waals surface area contributed by atoms with Gasteiger partial charge in [0.25, 0.3) is 0 Å². The molecule has 0 aliphatic carbocycles. The smallest absolute Gasteiger partial charge is 0.311 e. The van der Waals surface area contributed by atoms with Gasteiger partial charge in [-0.3, -0.25) is 10.1 Å². The SMILES string of the molecule is C#CC(C)Nc1nc(Cl)ccc1[N+](=O)[O-]. The zero-order valence-corrected chi connectivity index (χ0v) is 8.65. The Morgan fingerprint density at radius 2 is 2.40 bits per heavy atom. The van der Waals surface area contributed by atoms with Crippen LogP contribution in [0.25, 0.3) is 0 Å². The van der Waals surface area contributed by atoms with Crippen LogP contribution in [0, 0.1) is 22.5 Å². The van der Waals surface area contributed by atoms with Crippen LogP contribution in [0.3, 0.4) is 0 Å². The van der Waals surface area contributed by atoms with Gasteiger partial charge in [0.2, 0.25) is 5.82 Å². The summed E-state index contributed by atoms with van der Waals surface area (Å²) in [6.45, 7) is 1.69. The van der Waals surface area contributed by atoms with Crippen molar-refractivity contribution >= 4 is 23.1 Å². The highest BCUT2D eigenvalue weighted by atomic mass is 35.5. The second-order valence-corrected chi connectivity index (χ2v) is 3.18. The van der Waals surface area contributed by atoms with E-state index >= 15 is 0 Å². The Morgan fingerprint density at radius 1 is 1.73 bits per heavy atom. The number of pyridine rings is 1. The summed E-state index contributed by atoms with van der Waals surface area (Å²) in [6.07, 6.45) is 5.14. The Bertz CT molecular complexity index is 428. The van der Waals surface area contributed by atoms with Crippen LogP contribution in [0.15, 0.2) is 12.1 Å². The first-order valence-electron chi connectivity index (χ1n) is 4.08. The van der Waals surface area contributed by atoms with E-state index in [9.17, 15) is 10.1 Å². The van der Waals surface area contributed by atoms with Gasteiger partial charge in [0.05, 0.1) is 11.0 Å².